The third-order valence-electron chi connectivity index (χ3n) is 4.10. The number of nitriles is 1. The maximum Gasteiger partial charge on any atom is 0.228 e. The van der Waals surface area contributed by atoms with E-state index in [1.807, 2.05) is 19.9 Å². The third-order valence-corrected chi connectivity index (χ3v) is 4.10. The molecule has 22 heavy (non-hydrogen) atoms. The van der Waals surface area contributed by atoms with E-state index in [0.717, 1.165) is 55.2 Å². The lowest BCUT2D eigenvalue weighted by atomic mass is 10.1. The Bertz CT molecular complexity index is 708. The van der Waals surface area contributed by atoms with Gasteiger partial charge in [0.25, 0.3) is 0 Å². The zero-order valence-electron chi connectivity index (χ0n) is 13.1. The van der Waals surface area contributed by atoms with Crippen LogP contribution >= 0.6 is 0 Å². The maximum atomic E-state index is 9.50. The summed E-state index contributed by atoms with van der Waals surface area (Å²) >= 11 is 0. The molecule has 2 aromatic heterocycles. The van der Waals surface area contributed by atoms with Crippen LogP contribution in [0.25, 0.3) is 11.5 Å². The van der Waals surface area contributed by atoms with E-state index in [0.29, 0.717) is 11.5 Å². The second-order valence-electron chi connectivity index (χ2n) is 5.64. The first-order chi connectivity index (χ1) is 10.7. The number of hydrogen-bond donors (Lipinski definition) is 0. The van der Waals surface area contributed by atoms with Gasteiger partial charge in [-0.2, -0.15) is 5.26 Å². The predicted molar refractivity (Wildman–Crippen MR) is 84.6 cm³/mol. The Kier molecular flexibility index (Phi) is 4.10. The summed E-state index contributed by atoms with van der Waals surface area (Å²) in [6, 6.07) is 4.14. The molecule has 0 aliphatic carbocycles. The Morgan fingerprint density at radius 2 is 2.09 bits per heavy atom. The summed E-state index contributed by atoms with van der Waals surface area (Å²) in [4.78, 5) is 11.2. The van der Waals surface area contributed by atoms with Crippen LogP contribution < -0.4 is 4.90 Å². The Labute approximate surface area is 130 Å². The van der Waals surface area contributed by atoms with Gasteiger partial charge in [-0.15, -0.1) is 0 Å². The number of piperidine rings is 1. The molecule has 0 N–H and O–H groups in total. The minimum Gasteiger partial charge on any atom is -0.441 e. The lowest BCUT2D eigenvalue weighted by molar-refractivity contribution is 0.523. The average molecular weight is 296 g/mol. The molecule has 0 bridgehead atoms. The first-order valence-electron chi connectivity index (χ1n) is 7.84. The summed E-state index contributed by atoms with van der Waals surface area (Å²) in [5.41, 5.74) is 2.25. The normalized spacial score (nSPS) is 14.9. The fraction of sp³-hybridized carbons (Fsp3) is 0.471. The lowest BCUT2D eigenvalue weighted by Crippen LogP contribution is -2.31. The van der Waals surface area contributed by atoms with E-state index < -0.39 is 0 Å². The lowest BCUT2D eigenvalue weighted by Gasteiger charge is -2.28. The van der Waals surface area contributed by atoms with Crippen molar-refractivity contribution in [3.63, 3.8) is 0 Å². The van der Waals surface area contributed by atoms with E-state index in [1.54, 1.807) is 6.20 Å². The van der Waals surface area contributed by atoms with Crippen molar-refractivity contribution in [2.24, 2.45) is 0 Å². The van der Waals surface area contributed by atoms with E-state index in [1.165, 1.54) is 6.42 Å². The number of oxazole rings is 1. The molecule has 5 heteroatoms. The van der Waals surface area contributed by atoms with Crippen molar-refractivity contribution in [3.8, 4) is 17.5 Å². The maximum absolute atomic E-state index is 9.50. The zero-order chi connectivity index (χ0) is 15.5. The summed E-state index contributed by atoms with van der Waals surface area (Å²) < 4.78 is 5.71. The van der Waals surface area contributed by atoms with Crippen molar-refractivity contribution < 1.29 is 4.42 Å². The van der Waals surface area contributed by atoms with E-state index in [4.69, 9.17) is 4.42 Å². The molecular weight excluding hydrogens is 276 g/mol. The molecule has 0 amide bonds. The second kappa shape index (κ2) is 6.18. The van der Waals surface area contributed by atoms with Gasteiger partial charge in [-0.1, -0.05) is 6.92 Å². The van der Waals surface area contributed by atoms with Gasteiger partial charge >= 0.3 is 0 Å². The van der Waals surface area contributed by atoms with Gasteiger partial charge in [0.1, 0.15) is 17.6 Å². The number of rotatable bonds is 3. The van der Waals surface area contributed by atoms with Gasteiger partial charge in [-0.3, -0.25) is 0 Å². The van der Waals surface area contributed by atoms with E-state index in [9.17, 15) is 5.26 Å². The van der Waals surface area contributed by atoms with E-state index in [2.05, 4.69) is 20.9 Å². The molecule has 1 saturated heterocycles. The highest BCUT2D eigenvalue weighted by Gasteiger charge is 2.20. The molecule has 1 aliphatic heterocycles. The molecule has 0 atom stereocenters. The van der Waals surface area contributed by atoms with Gasteiger partial charge in [0.2, 0.25) is 5.89 Å². The summed E-state index contributed by atoms with van der Waals surface area (Å²) in [7, 11) is 0. The molecule has 5 nitrogen and oxygen atoms in total. The number of anilines is 1. The molecule has 3 rings (SSSR count). The van der Waals surface area contributed by atoms with Crippen LogP contribution in [0.1, 0.15) is 43.2 Å². The van der Waals surface area contributed by atoms with Gasteiger partial charge in [0.15, 0.2) is 0 Å². The van der Waals surface area contributed by atoms with Crippen molar-refractivity contribution in [3.05, 3.63) is 29.3 Å². The molecule has 0 aromatic carbocycles. The highest BCUT2D eigenvalue weighted by atomic mass is 16.4. The summed E-state index contributed by atoms with van der Waals surface area (Å²) in [5, 5.41) is 9.50. The van der Waals surface area contributed by atoms with Crippen LogP contribution in [0.4, 0.5) is 5.82 Å². The van der Waals surface area contributed by atoms with Gasteiger partial charge in [0.05, 0.1) is 23.0 Å². The van der Waals surface area contributed by atoms with Crippen molar-refractivity contribution in [2.45, 2.75) is 39.5 Å². The molecule has 2 aromatic rings. The molecule has 1 aliphatic rings. The van der Waals surface area contributed by atoms with E-state index in [-0.39, 0.29) is 0 Å². The monoisotopic (exact) mass is 296 g/mol. The Morgan fingerprint density at radius 1 is 1.32 bits per heavy atom. The predicted octanol–water partition coefficient (Wildman–Crippen LogP) is 3.47. The number of nitrogens with zero attached hydrogens (tertiary/aromatic N) is 4. The highest BCUT2D eigenvalue weighted by Crippen LogP contribution is 2.29. The first-order valence-corrected chi connectivity index (χ1v) is 7.84. The van der Waals surface area contributed by atoms with Gasteiger partial charge < -0.3 is 9.32 Å². The van der Waals surface area contributed by atoms with Crippen LogP contribution in [0.15, 0.2) is 16.7 Å². The molecule has 0 saturated carbocycles. The first kappa shape index (κ1) is 14.6. The largest absolute Gasteiger partial charge is 0.441 e. The van der Waals surface area contributed by atoms with Gasteiger partial charge in [-0.25, -0.2) is 9.97 Å². The van der Waals surface area contributed by atoms with Crippen LogP contribution in [0.5, 0.6) is 0 Å². The van der Waals surface area contributed by atoms with Gasteiger partial charge in [-0.05, 0) is 32.3 Å². The van der Waals surface area contributed by atoms with Crippen LogP contribution in [-0.4, -0.2) is 23.1 Å². The van der Waals surface area contributed by atoms with E-state index >= 15 is 0 Å². The van der Waals surface area contributed by atoms with Crippen LogP contribution in [0.3, 0.4) is 0 Å². The molecule has 3 heterocycles. The topological polar surface area (TPSA) is 66.0 Å². The zero-order valence-corrected chi connectivity index (χ0v) is 13.1. The number of pyridine rings is 1. The number of aryl methyl sites for hydroxylation is 2. The van der Waals surface area contributed by atoms with Crippen molar-refractivity contribution in [2.75, 3.05) is 18.0 Å². The number of aromatic nitrogens is 2. The van der Waals surface area contributed by atoms with Crippen molar-refractivity contribution in [1.29, 1.82) is 5.26 Å². The molecule has 0 unspecified atom stereocenters. The molecule has 114 valence electrons. The Morgan fingerprint density at radius 3 is 2.73 bits per heavy atom. The van der Waals surface area contributed by atoms with Crippen molar-refractivity contribution in [1.82, 2.24) is 9.97 Å². The minimum atomic E-state index is 0.545. The van der Waals surface area contributed by atoms with Crippen LogP contribution in [-0.2, 0) is 6.42 Å². The van der Waals surface area contributed by atoms with Crippen LogP contribution in [0.2, 0.25) is 0 Å². The van der Waals surface area contributed by atoms with Crippen LogP contribution in [0, 0.1) is 18.3 Å². The standard InChI is InChI=1S/C17H20N4O/c1-3-14-11-19-17(22-14)15-9-13(10-18)16(20-12(15)2)21-7-5-4-6-8-21/h9,11H,3-8H2,1-2H3. The smallest absolute Gasteiger partial charge is 0.228 e. The molecule has 0 spiro atoms. The minimum absolute atomic E-state index is 0.545. The third kappa shape index (κ3) is 2.69. The summed E-state index contributed by atoms with van der Waals surface area (Å²) in [6.45, 7) is 5.91. The highest BCUT2D eigenvalue weighted by molar-refractivity contribution is 5.66. The summed E-state index contributed by atoms with van der Waals surface area (Å²) in [5.74, 6) is 2.18. The Balaban J connectivity index is 2.01. The second-order valence-corrected chi connectivity index (χ2v) is 5.64. The molecular formula is C17H20N4O. The average Bonchev–Trinajstić information content (AvgIpc) is 3.04. The SMILES string of the molecule is CCc1cnc(-c2cc(C#N)c(N3CCCCC3)nc2C)o1. The van der Waals surface area contributed by atoms with Crippen molar-refractivity contribution >= 4 is 5.82 Å². The Hall–Kier alpha value is -2.35. The molecule has 0 radical (unpaired) electrons. The molecule has 1 fully saturated rings. The fourth-order valence-corrected chi connectivity index (χ4v) is 2.83. The fourth-order valence-electron chi connectivity index (χ4n) is 2.83. The number of hydrogen-bond acceptors (Lipinski definition) is 5. The van der Waals surface area contributed by atoms with Gasteiger partial charge in [0, 0.05) is 19.5 Å². The summed E-state index contributed by atoms with van der Waals surface area (Å²) in [6.07, 6.45) is 6.11. The quantitative estimate of drug-likeness (QED) is 0.867.